The van der Waals surface area contributed by atoms with Crippen molar-refractivity contribution in [1.29, 1.82) is 0 Å². The molecule has 2 N–H and O–H groups in total. The van der Waals surface area contributed by atoms with Crippen LogP contribution in [0.4, 0.5) is 0 Å². The van der Waals surface area contributed by atoms with Crippen LogP contribution in [-0.2, 0) is 9.53 Å². The van der Waals surface area contributed by atoms with Crippen molar-refractivity contribution >= 4 is 18.4 Å². The lowest BCUT2D eigenvalue weighted by Crippen LogP contribution is -2.45. The number of carbonyl (C=O) groups excluding carboxylic acids is 1. The molecule has 0 aromatic carbocycles. The topological polar surface area (TPSA) is 58.6 Å². The maximum atomic E-state index is 10.9. The molecule has 0 saturated carbocycles. The summed E-state index contributed by atoms with van der Waals surface area (Å²) in [5.41, 5.74) is 0. The van der Waals surface area contributed by atoms with E-state index >= 15 is 0 Å². The van der Waals surface area contributed by atoms with Crippen LogP contribution in [-0.4, -0.2) is 36.9 Å². The molecule has 0 aromatic heterocycles. The number of piperidine rings is 1. The first kappa shape index (κ1) is 11.7. The van der Waals surface area contributed by atoms with E-state index in [1.165, 1.54) is 7.11 Å². The summed E-state index contributed by atoms with van der Waals surface area (Å²) in [6.07, 6.45) is 0.820. The van der Waals surface area contributed by atoms with Gasteiger partial charge in [0.1, 0.15) is 6.04 Å². The van der Waals surface area contributed by atoms with Crippen LogP contribution >= 0.6 is 12.4 Å². The first-order chi connectivity index (χ1) is 5.24. The zero-order chi connectivity index (χ0) is 8.27. The third-order valence-corrected chi connectivity index (χ3v) is 1.86. The molecule has 1 heterocycles. The molecule has 0 bridgehead atoms. The van der Waals surface area contributed by atoms with E-state index < -0.39 is 0 Å². The Labute approximate surface area is 77.7 Å². The number of halogens is 1. The molecular weight excluding hydrogens is 182 g/mol. The first-order valence-electron chi connectivity index (χ1n) is 3.73. The summed E-state index contributed by atoms with van der Waals surface area (Å²) in [6, 6.07) is -0.316. The molecule has 0 amide bonds. The largest absolute Gasteiger partial charge is 0.468 e. The van der Waals surface area contributed by atoms with Gasteiger partial charge in [0.25, 0.3) is 0 Å². The predicted octanol–water partition coefficient (Wildman–Crippen LogP) is -0.306. The van der Waals surface area contributed by atoms with E-state index in [9.17, 15) is 9.90 Å². The van der Waals surface area contributed by atoms with Crippen LogP contribution in [0.25, 0.3) is 0 Å². The Hall–Kier alpha value is -0.320. The van der Waals surface area contributed by atoms with E-state index in [-0.39, 0.29) is 30.5 Å². The number of ether oxygens (including phenoxy) is 1. The molecule has 0 unspecified atom stereocenters. The van der Waals surface area contributed by atoms with Crippen LogP contribution in [0.2, 0.25) is 0 Å². The highest BCUT2D eigenvalue weighted by Crippen LogP contribution is 2.08. The van der Waals surface area contributed by atoms with Gasteiger partial charge in [-0.2, -0.15) is 0 Å². The smallest absolute Gasteiger partial charge is 0.322 e. The molecule has 0 aromatic rings. The van der Waals surface area contributed by atoms with E-state index in [0.717, 1.165) is 0 Å². The van der Waals surface area contributed by atoms with E-state index in [4.69, 9.17) is 0 Å². The molecule has 12 heavy (non-hydrogen) atoms. The fourth-order valence-electron chi connectivity index (χ4n) is 1.22. The number of methoxy groups -OCH3 is 1. The fourth-order valence-corrected chi connectivity index (χ4v) is 1.22. The summed E-state index contributed by atoms with van der Waals surface area (Å²) in [5, 5.41) is 12.1. The lowest BCUT2D eigenvalue weighted by atomic mass is 10.0. The Bertz CT molecular complexity index is 154. The van der Waals surface area contributed by atoms with Gasteiger partial charge in [0.05, 0.1) is 13.2 Å². The Kier molecular flexibility index (Phi) is 5.20. The molecule has 72 valence electrons. The highest BCUT2D eigenvalue weighted by atomic mass is 35.5. The standard InChI is InChI=1S/C7H13NO3.ClH/c1-11-7(10)6-4-5(9)2-3-8-6;/h5-6,8-9H,2-4H2,1H3;1H/t5-,6-;/m0./s1. The van der Waals surface area contributed by atoms with Crippen molar-refractivity contribution in [2.24, 2.45) is 0 Å². The van der Waals surface area contributed by atoms with Crippen LogP contribution < -0.4 is 5.32 Å². The first-order valence-corrected chi connectivity index (χ1v) is 3.73. The number of nitrogens with one attached hydrogen (secondary N) is 1. The van der Waals surface area contributed by atoms with Crippen LogP contribution in [0.3, 0.4) is 0 Å². The van der Waals surface area contributed by atoms with Gasteiger partial charge < -0.3 is 15.2 Å². The molecule has 1 aliphatic heterocycles. The normalized spacial score (nSPS) is 28.8. The maximum Gasteiger partial charge on any atom is 0.322 e. The lowest BCUT2D eigenvalue weighted by Gasteiger charge is -2.24. The van der Waals surface area contributed by atoms with Gasteiger partial charge in [0.15, 0.2) is 0 Å². The van der Waals surface area contributed by atoms with E-state index in [0.29, 0.717) is 19.4 Å². The number of aliphatic hydroxyl groups is 1. The third-order valence-electron chi connectivity index (χ3n) is 1.86. The SMILES string of the molecule is COC(=O)[C@@H]1C[C@@H](O)CCN1.Cl. The van der Waals surface area contributed by atoms with Crippen molar-refractivity contribution in [3.05, 3.63) is 0 Å². The molecule has 5 heteroatoms. The van der Waals surface area contributed by atoms with Crippen LogP contribution in [0.1, 0.15) is 12.8 Å². The van der Waals surface area contributed by atoms with E-state index in [1.807, 2.05) is 0 Å². The van der Waals surface area contributed by atoms with Gasteiger partial charge in [-0.15, -0.1) is 12.4 Å². The summed E-state index contributed by atoms with van der Waals surface area (Å²) in [4.78, 5) is 10.9. The average Bonchev–Trinajstić information content (AvgIpc) is 2.03. The van der Waals surface area contributed by atoms with Crippen molar-refractivity contribution in [2.75, 3.05) is 13.7 Å². The molecule has 1 saturated heterocycles. The summed E-state index contributed by atoms with van der Waals surface area (Å²) < 4.78 is 4.53. The second kappa shape index (κ2) is 5.35. The Morgan fingerprint density at radius 2 is 2.33 bits per heavy atom. The van der Waals surface area contributed by atoms with Gasteiger partial charge in [-0.05, 0) is 19.4 Å². The Morgan fingerprint density at radius 3 is 2.83 bits per heavy atom. The minimum Gasteiger partial charge on any atom is -0.468 e. The molecule has 4 nitrogen and oxygen atoms in total. The molecule has 1 rings (SSSR count). The van der Waals surface area contributed by atoms with Gasteiger partial charge in [0.2, 0.25) is 0 Å². The van der Waals surface area contributed by atoms with Crippen molar-refractivity contribution in [1.82, 2.24) is 5.32 Å². The minimum absolute atomic E-state index is 0. The molecule has 0 radical (unpaired) electrons. The summed E-state index contributed by atoms with van der Waals surface area (Å²) in [6.45, 7) is 0.681. The van der Waals surface area contributed by atoms with Crippen molar-refractivity contribution in [2.45, 2.75) is 25.0 Å². The zero-order valence-electron chi connectivity index (χ0n) is 6.95. The van der Waals surface area contributed by atoms with Crippen LogP contribution in [0.5, 0.6) is 0 Å². The Morgan fingerprint density at radius 1 is 1.67 bits per heavy atom. The summed E-state index contributed by atoms with van der Waals surface area (Å²) >= 11 is 0. The summed E-state index contributed by atoms with van der Waals surface area (Å²) in [7, 11) is 1.35. The van der Waals surface area contributed by atoms with Gasteiger partial charge in [0, 0.05) is 0 Å². The van der Waals surface area contributed by atoms with Gasteiger partial charge in [-0.25, -0.2) is 0 Å². The third kappa shape index (κ3) is 2.97. The average molecular weight is 196 g/mol. The molecular formula is C7H14ClNO3. The van der Waals surface area contributed by atoms with Crippen molar-refractivity contribution in [3.8, 4) is 0 Å². The number of hydrogen-bond donors (Lipinski definition) is 2. The molecule has 2 atom stereocenters. The number of carbonyl (C=O) groups is 1. The second-order valence-corrected chi connectivity index (χ2v) is 2.71. The second-order valence-electron chi connectivity index (χ2n) is 2.71. The minimum atomic E-state index is -0.361. The quantitative estimate of drug-likeness (QED) is 0.564. The highest BCUT2D eigenvalue weighted by molar-refractivity contribution is 5.85. The molecule has 1 fully saturated rings. The van der Waals surface area contributed by atoms with Crippen LogP contribution in [0, 0.1) is 0 Å². The van der Waals surface area contributed by atoms with Crippen molar-refractivity contribution in [3.63, 3.8) is 0 Å². The monoisotopic (exact) mass is 195 g/mol. The Balaban J connectivity index is 0.00000121. The lowest BCUT2D eigenvalue weighted by molar-refractivity contribution is -0.144. The van der Waals surface area contributed by atoms with Gasteiger partial charge in [-0.1, -0.05) is 0 Å². The summed E-state index contributed by atoms with van der Waals surface area (Å²) in [5.74, 6) is -0.288. The zero-order valence-corrected chi connectivity index (χ0v) is 7.76. The number of hydrogen-bond acceptors (Lipinski definition) is 4. The van der Waals surface area contributed by atoms with Gasteiger partial charge >= 0.3 is 5.97 Å². The highest BCUT2D eigenvalue weighted by Gasteiger charge is 2.25. The van der Waals surface area contributed by atoms with E-state index in [1.54, 1.807) is 0 Å². The number of rotatable bonds is 1. The van der Waals surface area contributed by atoms with Crippen LogP contribution in [0.15, 0.2) is 0 Å². The van der Waals surface area contributed by atoms with E-state index in [2.05, 4.69) is 10.1 Å². The maximum absolute atomic E-state index is 10.9. The van der Waals surface area contributed by atoms with Crippen molar-refractivity contribution < 1.29 is 14.6 Å². The predicted molar refractivity (Wildman–Crippen MR) is 46.3 cm³/mol. The number of esters is 1. The van der Waals surface area contributed by atoms with Gasteiger partial charge in [-0.3, -0.25) is 4.79 Å². The molecule has 0 spiro atoms. The number of aliphatic hydroxyl groups excluding tert-OH is 1. The molecule has 0 aliphatic carbocycles. The molecule has 1 aliphatic rings. The fraction of sp³-hybridized carbons (Fsp3) is 0.857.